The van der Waals surface area contributed by atoms with Gasteiger partial charge in [0.2, 0.25) is 0 Å². The van der Waals surface area contributed by atoms with Crippen LogP contribution < -0.4 is 5.32 Å². The summed E-state index contributed by atoms with van der Waals surface area (Å²) >= 11 is 1.03. The molecule has 98 valence electrons. The molecular formula is C12H10N2O4S. The molecule has 0 fully saturated rings. The summed E-state index contributed by atoms with van der Waals surface area (Å²) in [5.41, 5.74) is 0.836. The number of carboxylic acid groups (broad SMARTS) is 1. The number of thiophene rings is 1. The van der Waals surface area contributed by atoms with Gasteiger partial charge in [0.25, 0.3) is 5.91 Å². The molecule has 0 aromatic carbocycles. The topological polar surface area (TPSA) is 99.3 Å². The highest BCUT2D eigenvalue weighted by Gasteiger charge is 2.16. The van der Waals surface area contributed by atoms with Crippen molar-refractivity contribution < 1.29 is 19.5 Å². The first-order chi connectivity index (χ1) is 8.99. The number of rotatable bonds is 4. The third-order valence-corrected chi connectivity index (χ3v) is 3.34. The average Bonchev–Trinajstić information content (AvgIpc) is 2.96. The lowest BCUT2D eigenvalue weighted by molar-refractivity contribution is 0.0703. The first-order valence-electron chi connectivity index (χ1n) is 5.30. The van der Waals surface area contributed by atoms with Gasteiger partial charge < -0.3 is 15.4 Å². The Balaban J connectivity index is 2.18. The minimum absolute atomic E-state index is 0.0618. The summed E-state index contributed by atoms with van der Waals surface area (Å²) in [6.07, 6.45) is 1.43. The van der Waals surface area contributed by atoms with Crippen LogP contribution in [0.15, 0.2) is 23.7 Å². The molecule has 1 amide bonds. The number of amides is 1. The molecule has 19 heavy (non-hydrogen) atoms. The summed E-state index contributed by atoms with van der Waals surface area (Å²) < 4.78 is 0. The fourth-order valence-electron chi connectivity index (χ4n) is 1.49. The lowest BCUT2D eigenvalue weighted by Crippen LogP contribution is -2.13. The fourth-order valence-corrected chi connectivity index (χ4v) is 2.18. The standard InChI is InChI=1S/C12H10N2O4S/c1-6(15)7-4-9(13-5-7)11(16)14-8-2-3-19-10(8)12(17)18/h2-5,13H,1H3,(H,14,16)(H,17,18). The number of carbonyl (C=O) groups is 3. The fraction of sp³-hybridized carbons (Fsp3) is 0.0833. The van der Waals surface area contributed by atoms with Crippen molar-refractivity contribution in [3.63, 3.8) is 0 Å². The van der Waals surface area contributed by atoms with E-state index in [0.29, 0.717) is 5.56 Å². The number of carboxylic acids is 1. The van der Waals surface area contributed by atoms with Crippen LogP contribution >= 0.6 is 11.3 Å². The summed E-state index contributed by atoms with van der Waals surface area (Å²) in [5.74, 6) is -1.74. The van der Waals surface area contributed by atoms with Crippen molar-refractivity contribution in [2.45, 2.75) is 6.92 Å². The van der Waals surface area contributed by atoms with Crippen LogP contribution in [0.4, 0.5) is 5.69 Å². The van der Waals surface area contributed by atoms with Crippen molar-refractivity contribution in [1.82, 2.24) is 4.98 Å². The molecule has 2 heterocycles. The lowest BCUT2D eigenvalue weighted by Gasteiger charge is -2.02. The number of H-pyrrole nitrogens is 1. The third-order valence-electron chi connectivity index (χ3n) is 2.44. The summed E-state index contributed by atoms with van der Waals surface area (Å²) in [4.78, 5) is 36.6. The molecule has 0 radical (unpaired) electrons. The molecule has 2 rings (SSSR count). The molecule has 2 aromatic rings. The zero-order valence-corrected chi connectivity index (χ0v) is 10.7. The number of nitrogens with one attached hydrogen (secondary N) is 2. The second-order valence-corrected chi connectivity index (χ2v) is 4.70. The summed E-state index contributed by atoms with van der Waals surface area (Å²) in [6, 6.07) is 2.94. The number of aromatic carboxylic acids is 1. The van der Waals surface area contributed by atoms with Crippen molar-refractivity contribution in [2.24, 2.45) is 0 Å². The maximum Gasteiger partial charge on any atom is 0.348 e. The average molecular weight is 278 g/mol. The molecule has 0 aliphatic heterocycles. The zero-order chi connectivity index (χ0) is 14.0. The van der Waals surface area contributed by atoms with E-state index >= 15 is 0 Å². The van der Waals surface area contributed by atoms with Crippen molar-refractivity contribution >= 4 is 34.7 Å². The van der Waals surface area contributed by atoms with Crippen LogP contribution in [0.2, 0.25) is 0 Å². The maximum atomic E-state index is 11.9. The van der Waals surface area contributed by atoms with Crippen LogP contribution in [0.5, 0.6) is 0 Å². The SMILES string of the molecule is CC(=O)c1c[nH]c(C(=O)Nc2ccsc2C(=O)O)c1. The third kappa shape index (κ3) is 2.71. The molecule has 3 N–H and O–H groups in total. The van der Waals surface area contributed by atoms with E-state index in [1.807, 2.05) is 0 Å². The van der Waals surface area contributed by atoms with Gasteiger partial charge in [-0.2, -0.15) is 0 Å². The number of aromatic nitrogens is 1. The zero-order valence-electron chi connectivity index (χ0n) is 9.89. The highest BCUT2D eigenvalue weighted by atomic mass is 32.1. The number of carbonyl (C=O) groups excluding carboxylic acids is 2. The molecule has 0 atom stereocenters. The van der Waals surface area contributed by atoms with E-state index in [1.54, 1.807) is 5.38 Å². The van der Waals surface area contributed by atoms with Crippen LogP contribution in [0, 0.1) is 0 Å². The Morgan fingerprint density at radius 3 is 2.68 bits per heavy atom. The Morgan fingerprint density at radius 1 is 1.37 bits per heavy atom. The van der Waals surface area contributed by atoms with E-state index in [-0.39, 0.29) is 22.0 Å². The van der Waals surface area contributed by atoms with Gasteiger partial charge in [-0.1, -0.05) is 0 Å². The van der Waals surface area contributed by atoms with Crippen LogP contribution in [-0.2, 0) is 0 Å². The molecule has 0 bridgehead atoms. The van der Waals surface area contributed by atoms with Crippen LogP contribution in [0.3, 0.4) is 0 Å². The number of anilines is 1. The quantitative estimate of drug-likeness (QED) is 0.747. The second-order valence-electron chi connectivity index (χ2n) is 3.78. The molecule has 0 aliphatic carbocycles. The van der Waals surface area contributed by atoms with E-state index in [4.69, 9.17) is 5.11 Å². The van der Waals surface area contributed by atoms with Gasteiger partial charge in [0.1, 0.15) is 10.6 Å². The van der Waals surface area contributed by atoms with E-state index < -0.39 is 11.9 Å². The first-order valence-corrected chi connectivity index (χ1v) is 6.18. The molecule has 0 spiro atoms. The lowest BCUT2D eigenvalue weighted by atomic mass is 10.2. The first kappa shape index (κ1) is 13.0. The van der Waals surface area contributed by atoms with Crippen LogP contribution in [-0.4, -0.2) is 27.8 Å². The van der Waals surface area contributed by atoms with E-state index in [1.165, 1.54) is 25.3 Å². The van der Waals surface area contributed by atoms with Gasteiger partial charge in [-0.05, 0) is 24.4 Å². The Labute approximate surface area is 112 Å². The predicted molar refractivity (Wildman–Crippen MR) is 70.0 cm³/mol. The summed E-state index contributed by atoms with van der Waals surface area (Å²) in [7, 11) is 0. The van der Waals surface area contributed by atoms with E-state index in [0.717, 1.165) is 11.3 Å². The predicted octanol–water partition coefficient (Wildman–Crippen LogP) is 2.23. The highest BCUT2D eigenvalue weighted by molar-refractivity contribution is 7.12. The minimum atomic E-state index is -1.10. The number of hydrogen-bond acceptors (Lipinski definition) is 4. The number of Topliss-reactive ketones (excluding diaryl/α,β-unsaturated/α-hetero) is 1. The van der Waals surface area contributed by atoms with Gasteiger partial charge in [-0.25, -0.2) is 4.79 Å². The maximum absolute atomic E-state index is 11.9. The normalized spacial score (nSPS) is 10.2. The smallest absolute Gasteiger partial charge is 0.348 e. The molecule has 0 aliphatic rings. The van der Waals surface area contributed by atoms with Crippen molar-refractivity contribution in [2.75, 3.05) is 5.32 Å². The Bertz CT molecular complexity index is 656. The Morgan fingerprint density at radius 2 is 2.11 bits per heavy atom. The van der Waals surface area contributed by atoms with E-state index in [2.05, 4.69) is 10.3 Å². The van der Waals surface area contributed by atoms with Gasteiger partial charge in [-0.15, -0.1) is 11.3 Å². The van der Waals surface area contributed by atoms with Crippen molar-refractivity contribution in [1.29, 1.82) is 0 Å². The van der Waals surface area contributed by atoms with Crippen LogP contribution in [0.25, 0.3) is 0 Å². The van der Waals surface area contributed by atoms with Crippen molar-refractivity contribution in [3.05, 3.63) is 39.8 Å². The molecule has 0 saturated carbocycles. The van der Waals surface area contributed by atoms with E-state index in [9.17, 15) is 14.4 Å². The number of ketones is 1. The van der Waals surface area contributed by atoms with Crippen LogP contribution in [0.1, 0.15) is 37.4 Å². The molecular weight excluding hydrogens is 268 g/mol. The summed E-state index contributed by atoms with van der Waals surface area (Å²) in [6.45, 7) is 1.40. The highest BCUT2D eigenvalue weighted by Crippen LogP contribution is 2.22. The van der Waals surface area contributed by atoms with Gasteiger partial charge in [0.15, 0.2) is 5.78 Å². The Hall–Kier alpha value is -2.41. The Kier molecular flexibility index (Phi) is 3.48. The molecule has 0 saturated heterocycles. The van der Waals surface area contributed by atoms with Gasteiger partial charge in [0, 0.05) is 11.8 Å². The number of aromatic amines is 1. The molecule has 7 heteroatoms. The van der Waals surface area contributed by atoms with Gasteiger partial charge in [-0.3, -0.25) is 9.59 Å². The molecule has 6 nitrogen and oxygen atoms in total. The van der Waals surface area contributed by atoms with Gasteiger partial charge in [0.05, 0.1) is 5.69 Å². The van der Waals surface area contributed by atoms with Crippen molar-refractivity contribution in [3.8, 4) is 0 Å². The van der Waals surface area contributed by atoms with Gasteiger partial charge >= 0.3 is 5.97 Å². The number of hydrogen-bond donors (Lipinski definition) is 3. The minimum Gasteiger partial charge on any atom is -0.477 e. The molecule has 2 aromatic heterocycles. The monoisotopic (exact) mass is 278 g/mol. The largest absolute Gasteiger partial charge is 0.477 e. The second kappa shape index (κ2) is 5.07. The summed E-state index contributed by atoms with van der Waals surface area (Å²) in [5, 5.41) is 13.0. The molecule has 0 unspecified atom stereocenters.